The predicted molar refractivity (Wildman–Crippen MR) is 84.7 cm³/mol. The van der Waals surface area contributed by atoms with Crippen molar-refractivity contribution in [1.29, 1.82) is 0 Å². The van der Waals surface area contributed by atoms with E-state index < -0.39 is 0 Å². The van der Waals surface area contributed by atoms with Crippen molar-refractivity contribution in [2.24, 2.45) is 5.92 Å². The van der Waals surface area contributed by atoms with Gasteiger partial charge in [-0.3, -0.25) is 9.89 Å². The Hall–Kier alpha value is -1.85. The van der Waals surface area contributed by atoms with Crippen LogP contribution in [-0.2, 0) is 0 Å². The summed E-state index contributed by atoms with van der Waals surface area (Å²) in [7, 11) is 0. The van der Waals surface area contributed by atoms with Crippen LogP contribution in [0.2, 0.25) is 5.02 Å². The first-order valence-electron chi connectivity index (χ1n) is 7.38. The number of benzene rings is 1. The van der Waals surface area contributed by atoms with E-state index in [1.54, 1.807) is 18.3 Å². The van der Waals surface area contributed by atoms with E-state index in [2.05, 4.69) is 10.2 Å². The molecule has 1 amide bonds. The number of rotatable bonds is 3. The van der Waals surface area contributed by atoms with Crippen LogP contribution in [-0.4, -0.2) is 45.8 Å². The minimum absolute atomic E-state index is 0.0184. The highest BCUT2D eigenvalue weighted by atomic mass is 35.5. The molecule has 0 radical (unpaired) electrons. The maximum atomic E-state index is 12.7. The highest BCUT2D eigenvalue weighted by molar-refractivity contribution is 6.30. The third-order valence-electron chi connectivity index (χ3n) is 4.16. The van der Waals surface area contributed by atoms with Gasteiger partial charge in [-0.1, -0.05) is 23.7 Å². The van der Waals surface area contributed by atoms with Gasteiger partial charge in [0.2, 0.25) is 0 Å². The fourth-order valence-corrected chi connectivity index (χ4v) is 2.90. The molecule has 22 heavy (non-hydrogen) atoms. The van der Waals surface area contributed by atoms with Crippen LogP contribution in [0.25, 0.3) is 11.3 Å². The highest BCUT2D eigenvalue weighted by Crippen LogP contribution is 2.25. The van der Waals surface area contributed by atoms with Crippen molar-refractivity contribution >= 4 is 17.5 Å². The first-order valence-corrected chi connectivity index (χ1v) is 7.76. The molecular formula is C16H18ClN3O2. The lowest BCUT2D eigenvalue weighted by atomic mass is 9.97. The number of hydrogen-bond acceptors (Lipinski definition) is 3. The number of likely N-dealkylation sites (tertiary alicyclic amines) is 1. The van der Waals surface area contributed by atoms with Crippen molar-refractivity contribution in [2.45, 2.75) is 12.8 Å². The van der Waals surface area contributed by atoms with Crippen LogP contribution in [0.1, 0.15) is 23.2 Å². The van der Waals surface area contributed by atoms with Gasteiger partial charge in [0, 0.05) is 30.3 Å². The van der Waals surface area contributed by atoms with Gasteiger partial charge in [-0.15, -0.1) is 0 Å². The van der Waals surface area contributed by atoms with Crippen molar-refractivity contribution in [2.75, 3.05) is 19.7 Å². The molecule has 0 bridgehead atoms. The number of amides is 1. The summed E-state index contributed by atoms with van der Waals surface area (Å²) in [6, 6.07) is 7.31. The molecule has 3 rings (SSSR count). The van der Waals surface area contributed by atoms with Crippen molar-refractivity contribution < 1.29 is 9.90 Å². The van der Waals surface area contributed by atoms with Crippen LogP contribution in [0.5, 0.6) is 0 Å². The number of aliphatic hydroxyl groups excluding tert-OH is 1. The lowest BCUT2D eigenvalue weighted by Crippen LogP contribution is -2.39. The lowest BCUT2D eigenvalue weighted by Gasteiger charge is -2.31. The van der Waals surface area contributed by atoms with Gasteiger partial charge >= 0.3 is 0 Å². The second-order valence-corrected chi connectivity index (χ2v) is 6.02. The normalized spacial score (nSPS) is 16.0. The number of carbonyl (C=O) groups excluding carboxylic acids is 1. The van der Waals surface area contributed by atoms with E-state index in [0.29, 0.717) is 35.3 Å². The summed E-state index contributed by atoms with van der Waals surface area (Å²) in [5.41, 5.74) is 2.17. The maximum Gasteiger partial charge on any atom is 0.257 e. The van der Waals surface area contributed by atoms with Crippen molar-refractivity contribution in [3.63, 3.8) is 0 Å². The number of halogens is 1. The minimum Gasteiger partial charge on any atom is -0.396 e. The fourth-order valence-electron chi connectivity index (χ4n) is 2.77. The van der Waals surface area contributed by atoms with Gasteiger partial charge in [-0.2, -0.15) is 5.10 Å². The molecule has 0 unspecified atom stereocenters. The van der Waals surface area contributed by atoms with E-state index in [-0.39, 0.29) is 12.5 Å². The number of aromatic amines is 1. The van der Waals surface area contributed by atoms with Crippen LogP contribution in [0.15, 0.2) is 30.5 Å². The van der Waals surface area contributed by atoms with Crippen LogP contribution >= 0.6 is 11.6 Å². The van der Waals surface area contributed by atoms with Gasteiger partial charge in [0.05, 0.1) is 17.5 Å². The minimum atomic E-state index is -0.0184. The number of H-pyrrole nitrogens is 1. The summed E-state index contributed by atoms with van der Waals surface area (Å²) in [4.78, 5) is 14.5. The third kappa shape index (κ3) is 3.00. The number of aromatic nitrogens is 2. The second kappa shape index (κ2) is 6.50. The zero-order valence-corrected chi connectivity index (χ0v) is 12.9. The quantitative estimate of drug-likeness (QED) is 0.913. The zero-order chi connectivity index (χ0) is 15.5. The molecule has 6 heteroatoms. The Morgan fingerprint density at radius 3 is 2.64 bits per heavy atom. The van der Waals surface area contributed by atoms with Crippen LogP contribution < -0.4 is 0 Å². The second-order valence-electron chi connectivity index (χ2n) is 5.58. The highest BCUT2D eigenvalue weighted by Gasteiger charge is 2.25. The molecule has 0 spiro atoms. The maximum absolute atomic E-state index is 12.7. The van der Waals surface area contributed by atoms with Gasteiger partial charge in [0.25, 0.3) is 5.91 Å². The molecule has 1 aromatic carbocycles. The van der Waals surface area contributed by atoms with Gasteiger partial charge in [-0.25, -0.2) is 0 Å². The first kappa shape index (κ1) is 15.1. The van der Waals surface area contributed by atoms with E-state index in [0.717, 1.165) is 18.4 Å². The molecule has 1 aliphatic heterocycles. The van der Waals surface area contributed by atoms with Gasteiger partial charge in [-0.05, 0) is 30.9 Å². The standard InChI is InChI=1S/C16H18ClN3O2/c17-13-3-1-12(2-4-13)15-14(9-18-19-15)16(22)20-7-5-11(10-21)6-8-20/h1-4,9,11,21H,5-8,10H2,(H,18,19). The number of nitrogens with zero attached hydrogens (tertiary/aromatic N) is 2. The first-order chi connectivity index (χ1) is 10.7. The van der Waals surface area contributed by atoms with E-state index >= 15 is 0 Å². The molecule has 1 aromatic heterocycles. The molecule has 0 aliphatic carbocycles. The number of carbonyl (C=O) groups is 1. The lowest BCUT2D eigenvalue weighted by molar-refractivity contribution is 0.0651. The molecule has 116 valence electrons. The van der Waals surface area contributed by atoms with Crippen molar-refractivity contribution in [3.05, 3.63) is 41.0 Å². The molecule has 1 aliphatic rings. The fraction of sp³-hybridized carbons (Fsp3) is 0.375. The van der Waals surface area contributed by atoms with Gasteiger partial charge < -0.3 is 10.0 Å². The molecule has 0 atom stereocenters. The summed E-state index contributed by atoms with van der Waals surface area (Å²) >= 11 is 5.90. The molecule has 1 fully saturated rings. The predicted octanol–water partition coefficient (Wildman–Crippen LogP) is 2.57. The van der Waals surface area contributed by atoms with E-state index in [9.17, 15) is 9.90 Å². The van der Waals surface area contributed by atoms with E-state index in [1.165, 1.54) is 0 Å². The number of aliphatic hydroxyl groups is 1. The van der Waals surface area contributed by atoms with Crippen molar-refractivity contribution in [3.8, 4) is 11.3 Å². The number of piperidine rings is 1. The Bertz CT molecular complexity index is 646. The Labute approximate surface area is 133 Å². The molecule has 2 heterocycles. The Kier molecular flexibility index (Phi) is 4.45. The molecule has 2 aromatic rings. The molecule has 1 saturated heterocycles. The summed E-state index contributed by atoms with van der Waals surface area (Å²) in [5.74, 6) is 0.291. The Morgan fingerprint density at radius 1 is 1.32 bits per heavy atom. The average molecular weight is 320 g/mol. The van der Waals surface area contributed by atoms with Crippen LogP contribution in [0, 0.1) is 5.92 Å². The Morgan fingerprint density at radius 2 is 2.00 bits per heavy atom. The average Bonchev–Trinajstić information content (AvgIpc) is 3.04. The SMILES string of the molecule is O=C(c1cn[nH]c1-c1ccc(Cl)cc1)N1CCC(CO)CC1. The van der Waals surface area contributed by atoms with Gasteiger partial charge in [0.1, 0.15) is 0 Å². The smallest absolute Gasteiger partial charge is 0.257 e. The topological polar surface area (TPSA) is 69.2 Å². The van der Waals surface area contributed by atoms with Crippen LogP contribution in [0.4, 0.5) is 0 Å². The van der Waals surface area contributed by atoms with E-state index in [1.807, 2.05) is 17.0 Å². The number of nitrogens with one attached hydrogen (secondary N) is 1. The number of hydrogen-bond donors (Lipinski definition) is 2. The molecule has 0 saturated carbocycles. The Balaban J connectivity index is 1.80. The third-order valence-corrected chi connectivity index (χ3v) is 4.41. The molecule has 5 nitrogen and oxygen atoms in total. The largest absolute Gasteiger partial charge is 0.396 e. The summed E-state index contributed by atoms with van der Waals surface area (Å²) in [6.45, 7) is 1.55. The summed E-state index contributed by atoms with van der Waals surface area (Å²) < 4.78 is 0. The van der Waals surface area contributed by atoms with Crippen molar-refractivity contribution in [1.82, 2.24) is 15.1 Å². The van der Waals surface area contributed by atoms with E-state index in [4.69, 9.17) is 11.6 Å². The van der Waals surface area contributed by atoms with Gasteiger partial charge in [0.15, 0.2) is 0 Å². The van der Waals surface area contributed by atoms with Crippen LogP contribution in [0.3, 0.4) is 0 Å². The monoisotopic (exact) mass is 319 g/mol. The summed E-state index contributed by atoms with van der Waals surface area (Å²) in [5, 5.41) is 16.8. The molecule has 2 N–H and O–H groups in total. The summed E-state index contributed by atoms with van der Waals surface area (Å²) in [6.07, 6.45) is 3.26. The molecular weight excluding hydrogens is 302 g/mol. The zero-order valence-electron chi connectivity index (χ0n) is 12.1.